The highest BCUT2D eigenvalue weighted by atomic mass is 19.1. The number of nitrogens with zero attached hydrogens (tertiary/aromatic N) is 5. The fraction of sp³-hybridized carbons (Fsp3) is 0.364. The average molecular weight is 439 g/mol. The quantitative estimate of drug-likeness (QED) is 0.280. The maximum Gasteiger partial charge on any atom is 0.191 e. The Morgan fingerprint density at radius 2 is 2.06 bits per heavy atom. The summed E-state index contributed by atoms with van der Waals surface area (Å²) in [6.45, 7) is 5.20. The number of benzene rings is 1. The number of nitriles is 1. The lowest BCUT2D eigenvalue weighted by molar-refractivity contribution is 0.372. The molecule has 4 N–H and O–H groups in total. The van der Waals surface area contributed by atoms with E-state index in [1.54, 1.807) is 19.2 Å². The van der Waals surface area contributed by atoms with Gasteiger partial charge in [-0.2, -0.15) is 10.4 Å². The standard InChI is InChI=1S/C22H27FN8O/c1-14(2)20-11-17(32-30-20)13-28-22(26-3)27-10-4-5-19-18(12-24)21(25)31(29-19)16-8-6-15(23)7-9-16/h6-9,11,14H,4-5,10,13,25H2,1-3H3,(H2,26,27,28). The first-order valence-corrected chi connectivity index (χ1v) is 10.4. The Balaban J connectivity index is 1.53. The fourth-order valence-electron chi connectivity index (χ4n) is 3.09. The molecule has 10 heteroatoms. The number of nitrogens with one attached hydrogen (secondary N) is 2. The number of hydrogen-bond acceptors (Lipinski definition) is 6. The van der Waals surface area contributed by atoms with Gasteiger partial charge >= 0.3 is 0 Å². The van der Waals surface area contributed by atoms with Gasteiger partial charge in [0.05, 0.1) is 23.6 Å². The van der Waals surface area contributed by atoms with Crippen molar-refractivity contribution in [2.75, 3.05) is 19.3 Å². The lowest BCUT2D eigenvalue weighted by Gasteiger charge is -2.10. The Kier molecular flexibility index (Phi) is 7.44. The highest BCUT2D eigenvalue weighted by Crippen LogP contribution is 2.21. The molecule has 3 rings (SSSR count). The van der Waals surface area contributed by atoms with Gasteiger partial charge < -0.3 is 20.9 Å². The molecule has 0 amide bonds. The zero-order chi connectivity index (χ0) is 23.1. The Labute approximate surface area is 186 Å². The Bertz CT molecular complexity index is 1110. The van der Waals surface area contributed by atoms with Crippen LogP contribution in [0.1, 0.15) is 48.9 Å². The Morgan fingerprint density at radius 1 is 1.31 bits per heavy atom. The number of halogens is 1. The molecule has 0 spiro atoms. The van der Waals surface area contributed by atoms with Gasteiger partial charge in [-0.25, -0.2) is 9.07 Å². The van der Waals surface area contributed by atoms with Gasteiger partial charge in [-0.05, 0) is 43.0 Å². The predicted octanol–water partition coefficient (Wildman–Crippen LogP) is 2.87. The number of nitrogen functional groups attached to an aromatic ring is 1. The van der Waals surface area contributed by atoms with Crippen LogP contribution in [0.2, 0.25) is 0 Å². The summed E-state index contributed by atoms with van der Waals surface area (Å²) in [6.07, 6.45) is 1.25. The van der Waals surface area contributed by atoms with Crippen molar-refractivity contribution in [1.82, 2.24) is 25.6 Å². The van der Waals surface area contributed by atoms with E-state index in [9.17, 15) is 9.65 Å². The van der Waals surface area contributed by atoms with Crippen LogP contribution >= 0.6 is 0 Å². The van der Waals surface area contributed by atoms with Crippen molar-refractivity contribution in [2.24, 2.45) is 4.99 Å². The number of hydrogen-bond donors (Lipinski definition) is 3. The third kappa shape index (κ3) is 5.43. The average Bonchev–Trinajstić information content (AvgIpc) is 3.38. The maximum absolute atomic E-state index is 13.2. The molecule has 32 heavy (non-hydrogen) atoms. The molecule has 0 saturated heterocycles. The molecule has 0 unspecified atom stereocenters. The molecule has 1 aromatic carbocycles. The SMILES string of the molecule is CN=C(NCCCc1nn(-c2ccc(F)cc2)c(N)c1C#N)NCc1cc(C(C)C)no1. The summed E-state index contributed by atoms with van der Waals surface area (Å²) in [5.74, 6) is 1.56. The molecule has 2 aromatic heterocycles. The molecule has 9 nitrogen and oxygen atoms in total. The number of guanidine groups is 1. The topological polar surface area (TPSA) is 130 Å². The third-order valence-corrected chi connectivity index (χ3v) is 4.88. The Hall–Kier alpha value is -3.87. The molecule has 0 aliphatic rings. The van der Waals surface area contributed by atoms with E-state index < -0.39 is 0 Å². The monoisotopic (exact) mass is 438 g/mol. The van der Waals surface area contributed by atoms with E-state index >= 15 is 0 Å². The van der Waals surface area contributed by atoms with Gasteiger partial charge in [-0.3, -0.25) is 4.99 Å². The number of nitrogens with two attached hydrogens (primary N) is 1. The molecule has 2 heterocycles. The van der Waals surface area contributed by atoms with Crippen LogP contribution in [0.15, 0.2) is 39.8 Å². The summed E-state index contributed by atoms with van der Waals surface area (Å²) in [6, 6.07) is 9.84. The van der Waals surface area contributed by atoms with Crippen molar-refractivity contribution in [2.45, 2.75) is 39.2 Å². The number of aliphatic imine (C=N–C) groups is 1. The summed E-state index contributed by atoms with van der Waals surface area (Å²) in [5.41, 5.74) is 8.55. The zero-order valence-electron chi connectivity index (χ0n) is 18.4. The summed E-state index contributed by atoms with van der Waals surface area (Å²) in [4.78, 5) is 4.20. The number of anilines is 1. The van der Waals surface area contributed by atoms with Gasteiger partial charge in [-0.1, -0.05) is 19.0 Å². The molecular formula is C22H27FN8O. The van der Waals surface area contributed by atoms with E-state index in [0.717, 1.165) is 11.5 Å². The first-order chi connectivity index (χ1) is 15.4. The molecule has 0 atom stereocenters. The van der Waals surface area contributed by atoms with E-state index in [-0.39, 0.29) is 11.6 Å². The maximum atomic E-state index is 13.2. The summed E-state index contributed by atoms with van der Waals surface area (Å²) in [5, 5.41) is 24.4. The van der Waals surface area contributed by atoms with Crippen LogP contribution in [0.4, 0.5) is 10.2 Å². The minimum atomic E-state index is -0.350. The lowest BCUT2D eigenvalue weighted by Crippen LogP contribution is -2.37. The van der Waals surface area contributed by atoms with Gasteiger partial charge in [0.15, 0.2) is 11.7 Å². The molecule has 0 fully saturated rings. The van der Waals surface area contributed by atoms with Crippen molar-refractivity contribution in [1.29, 1.82) is 5.26 Å². The molecule has 3 aromatic rings. The van der Waals surface area contributed by atoms with Crippen LogP contribution in [0.3, 0.4) is 0 Å². The van der Waals surface area contributed by atoms with Crippen LogP contribution < -0.4 is 16.4 Å². The van der Waals surface area contributed by atoms with Crippen LogP contribution in [0.25, 0.3) is 5.69 Å². The van der Waals surface area contributed by atoms with E-state index in [1.165, 1.54) is 16.8 Å². The normalized spacial score (nSPS) is 11.6. The second-order valence-corrected chi connectivity index (χ2v) is 7.54. The minimum absolute atomic E-state index is 0.243. The van der Waals surface area contributed by atoms with Gasteiger partial charge in [0, 0.05) is 19.7 Å². The van der Waals surface area contributed by atoms with Crippen molar-refractivity contribution in [3.05, 3.63) is 58.9 Å². The van der Waals surface area contributed by atoms with Crippen molar-refractivity contribution in [3.8, 4) is 11.8 Å². The smallest absolute Gasteiger partial charge is 0.191 e. The zero-order valence-corrected chi connectivity index (χ0v) is 18.4. The minimum Gasteiger partial charge on any atom is -0.382 e. The fourth-order valence-corrected chi connectivity index (χ4v) is 3.09. The van der Waals surface area contributed by atoms with Gasteiger partial charge in [0.1, 0.15) is 23.3 Å². The molecule has 0 aliphatic heterocycles. The van der Waals surface area contributed by atoms with E-state index in [2.05, 4.69) is 45.8 Å². The van der Waals surface area contributed by atoms with Crippen molar-refractivity contribution >= 4 is 11.8 Å². The first-order valence-electron chi connectivity index (χ1n) is 10.4. The van der Waals surface area contributed by atoms with Gasteiger partial charge in [0.2, 0.25) is 0 Å². The molecule has 0 aliphatic carbocycles. The number of aromatic nitrogens is 3. The van der Waals surface area contributed by atoms with E-state index in [4.69, 9.17) is 10.3 Å². The lowest BCUT2D eigenvalue weighted by atomic mass is 10.1. The van der Waals surface area contributed by atoms with Gasteiger partial charge in [-0.15, -0.1) is 0 Å². The first kappa shape index (κ1) is 22.8. The predicted molar refractivity (Wildman–Crippen MR) is 120 cm³/mol. The summed E-state index contributed by atoms with van der Waals surface area (Å²) >= 11 is 0. The molecular weight excluding hydrogens is 411 g/mol. The molecule has 0 saturated carbocycles. The highest BCUT2D eigenvalue weighted by Gasteiger charge is 2.16. The van der Waals surface area contributed by atoms with Crippen LogP contribution in [-0.4, -0.2) is 34.5 Å². The highest BCUT2D eigenvalue weighted by molar-refractivity contribution is 5.79. The second kappa shape index (κ2) is 10.4. The summed E-state index contributed by atoms with van der Waals surface area (Å²) in [7, 11) is 1.69. The van der Waals surface area contributed by atoms with E-state index in [0.29, 0.717) is 54.8 Å². The van der Waals surface area contributed by atoms with Gasteiger partial charge in [0.25, 0.3) is 0 Å². The van der Waals surface area contributed by atoms with Crippen molar-refractivity contribution in [3.63, 3.8) is 0 Å². The van der Waals surface area contributed by atoms with Crippen LogP contribution in [0.5, 0.6) is 0 Å². The Morgan fingerprint density at radius 3 is 2.69 bits per heavy atom. The second-order valence-electron chi connectivity index (χ2n) is 7.54. The molecule has 0 radical (unpaired) electrons. The van der Waals surface area contributed by atoms with E-state index in [1.807, 2.05) is 6.07 Å². The van der Waals surface area contributed by atoms with Crippen LogP contribution in [0, 0.1) is 17.1 Å². The number of rotatable bonds is 8. The largest absolute Gasteiger partial charge is 0.382 e. The summed E-state index contributed by atoms with van der Waals surface area (Å²) < 4.78 is 20.0. The van der Waals surface area contributed by atoms with Crippen LogP contribution in [-0.2, 0) is 13.0 Å². The third-order valence-electron chi connectivity index (χ3n) is 4.88. The van der Waals surface area contributed by atoms with Crippen molar-refractivity contribution < 1.29 is 8.91 Å². The molecule has 0 bridgehead atoms. The molecule has 168 valence electrons. The number of aryl methyl sites for hydroxylation is 1.